The summed E-state index contributed by atoms with van der Waals surface area (Å²) in [7, 11) is 0. The molecule has 0 aliphatic carbocycles. The Kier molecular flexibility index (Phi) is 4.73. The Balaban J connectivity index is 1.82. The van der Waals surface area contributed by atoms with Crippen LogP contribution in [0.4, 0.5) is 4.39 Å². The minimum Gasteiger partial charge on any atom is -0.342 e. The number of fused-ring (bicyclic) bond motifs is 1. The number of carbonyl (C=O) groups is 1. The molecule has 1 heterocycles. The topological polar surface area (TPSA) is 22.0 Å². The Bertz CT molecular complexity index is 1170. The second-order valence-electron chi connectivity index (χ2n) is 6.23. The summed E-state index contributed by atoms with van der Waals surface area (Å²) in [4.78, 5) is 13.0. The van der Waals surface area contributed by atoms with Gasteiger partial charge in [-0.05, 0) is 35.9 Å². The smallest absolute Gasteiger partial charge is 0.198 e. The molecule has 0 unspecified atom stereocenters. The third kappa shape index (κ3) is 3.36. The molecule has 0 atom stereocenters. The third-order valence-electron chi connectivity index (χ3n) is 4.51. The normalized spacial score (nSPS) is 11.1. The first-order valence-electron chi connectivity index (χ1n) is 8.35. The molecule has 0 bridgehead atoms. The fourth-order valence-electron chi connectivity index (χ4n) is 3.18. The lowest BCUT2D eigenvalue weighted by molar-refractivity contribution is 0.103. The summed E-state index contributed by atoms with van der Waals surface area (Å²) in [5.74, 6) is -0.870. The van der Waals surface area contributed by atoms with E-state index in [9.17, 15) is 9.18 Å². The lowest BCUT2D eigenvalue weighted by Gasteiger charge is -2.08. The zero-order valence-electron chi connectivity index (χ0n) is 14.1. The summed E-state index contributed by atoms with van der Waals surface area (Å²) in [6.45, 7) is 0.473. The number of ketones is 1. The summed E-state index contributed by atoms with van der Waals surface area (Å²) >= 11 is 12.3. The molecule has 0 radical (unpaired) electrons. The molecule has 0 spiro atoms. The van der Waals surface area contributed by atoms with Crippen molar-refractivity contribution in [1.82, 2.24) is 4.57 Å². The monoisotopic (exact) mass is 397 g/mol. The quantitative estimate of drug-likeness (QED) is 0.366. The van der Waals surface area contributed by atoms with E-state index in [1.807, 2.05) is 34.9 Å². The molecule has 5 heteroatoms. The molecule has 0 aliphatic rings. The van der Waals surface area contributed by atoms with Gasteiger partial charge in [-0.3, -0.25) is 4.79 Å². The number of benzene rings is 3. The van der Waals surface area contributed by atoms with Gasteiger partial charge in [0.15, 0.2) is 5.78 Å². The minimum atomic E-state index is -0.528. The van der Waals surface area contributed by atoms with E-state index in [0.29, 0.717) is 22.2 Å². The summed E-state index contributed by atoms with van der Waals surface area (Å²) in [6, 6.07) is 18.9. The van der Waals surface area contributed by atoms with Crippen LogP contribution in [0.3, 0.4) is 0 Å². The molecule has 2 nitrogen and oxygen atoms in total. The van der Waals surface area contributed by atoms with Crippen LogP contribution in [0, 0.1) is 5.82 Å². The van der Waals surface area contributed by atoms with E-state index >= 15 is 0 Å². The number of halogens is 3. The predicted molar refractivity (Wildman–Crippen MR) is 107 cm³/mol. The zero-order valence-corrected chi connectivity index (χ0v) is 15.6. The molecule has 0 saturated carbocycles. The number of rotatable bonds is 4. The highest BCUT2D eigenvalue weighted by atomic mass is 35.5. The van der Waals surface area contributed by atoms with E-state index in [1.165, 1.54) is 12.1 Å². The van der Waals surface area contributed by atoms with Gasteiger partial charge in [-0.2, -0.15) is 0 Å². The van der Waals surface area contributed by atoms with Crippen LogP contribution in [0.25, 0.3) is 10.9 Å². The highest BCUT2D eigenvalue weighted by Gasteiger charge is 2.19. The van der Waals surface area contributed by atoms with Crippen molar-refractivity contribution in [1.29, 1.82) is 0 Å². The lowest BCUT2D eigenvalue weighted by Crippen LogP contribution is -2.04. The number of carbonyl (C=O) groups excluding carboxylic acids is 1. The van der Waals surface area contributed by atoms with Gasteiger partial charge in [0.05, 0.1) is 5.56 Å². The highest BCUT2D eigenvalue weighted by Crippen LogP contribution is 2.28. The van der Waals surface area contributed by atoms with Crippen LogP contribution in [-0.2, 0) is 6.54 Å². The van der Waals surface area contributed by atoms with Gasteiger partial charge in [0.1, 0.15) is 5.82 Å². The van der Waals surface area contributed by atoms with Crippen molar-refractivity contribution in [3.05, 3.63) is 105 Å². The zero-order chi connectivity index (χ0) is 19.0. The first-order valence-corrected chi connectivity index (χ1v) is 9.11. The summed E-state index contributed by atoms with van der Waals surface area (Å²) in [5.41, 5.74) is 2.28. The maximum Gasteiger partial charge on any atom is 0.198 e. The maximum absolute atomic E-state index is 14.1. The molecule has 4 rings (SSSR count). The van der Waals surface area contributed by atoms with E-state index < -0.39 is 5.82 Å². The lowest BCUT2D eigenvalue weighted by atomic mass is 10.0. The highest BCUT2D eigenvalue weighted by molar-refractivity contribution is 6.35. The first-order chi connectivity index (χ1) is 13.0. The van der Waals surface area contributed by atoms with Crippen LogP contribution < -0.4 is 0 Å². The molecule has 0 N–H and O–H groups in total. The molecule has 1 aromatic heterocycles. The molecular weight excluding hydrogens is 384 g/mol. The van der Waals surface area contributed by atoms with Gasteiger partial charge in [0.25, 0.3) is 0 Å². The summed E-state index contributed by atoms with van der Waals surface area (Å²) < 4.78 is 16.1. The van der Waals surface area contributed by atoms with E-state index in [1.54, 1.807) is 30.5 Å². The molecule has 0 amide bonds. The maximum atomic E-state index is 14.1. The van der Waals surface area contributed by atoms with Crippen molar-refractivity contribution in [3.63, 3.8) is 0 Å². The van der Waals surface area contributed by atoms with Crippen molar-refractivity contribution < 1.29 is 9.18 Å². The van der Waals surface area contributed by atoms with Gasteiger partial charge < -0.3 is 4.57 Å². The predicted octanol–water partition coefficient (Wildman–Crippen LogP) is 6.37. The largest absolute Gasteiger partial charge is 0.342 e. The fraction of sp³-hybridized carbons (Fsp3) is 0.0455. The Morgan fingerprint density at radius 1 is 0.926 bits per heavy atom. The van der Waals surface area contributed by atoms with Crippen LogP contribution in [0.2, 0.25) is 10.0 Å². The van der Waals surface area contributed by atoms with Crippen molar-refractivity contribution in [3.8, 4) is 0 Å². The Morgan fingerprint density at radius 2 is 1.67 bits per heavy atom. The van der Waals surface area contributed by atoms with E-state index in [2.05, 4.69) is 0 Å². The van der Waals surface area contributed by atoms with Gasteiger partial charge in [-0.25, -0.2) is 4.39 Å². The number of hydrogen-bond acceptors (Lipinski definition) is 1. The van der Waals surface area contributed by atoms with Gasteiger partial charge >= 0.3 is 0 Å². The summed E-state index contributed by atoms with van der Waals surface area (Å²) in [5, 5.41) is 1.90. The van der Waals surface area contributed by atoms with E-state index in [0.717, 1.165) is 16.5 Å². The third-order valence-corrected chi connectivity index (χ3v) is 5.09. The molecule has 4 aromatic rings. The first kappa shape index (κ1) is 17.8. The van der Waals surface area contributed by atoms with Crippen molar-refractivity contribution >= 4 is 39.9 Å². The van der Waals surface area contributed by atoms with Gasteiger partial charge in [0.2, 0.25) is 0 Å². The molecule has 0 fully saturated rings. The molecule has 0 saturated heterocycles. The van der Waals surface area contributed by atoms with Crippen molar-refractivity contribution in [2.75, 3.05) is 0 Å². The molecule has 134 valence electrons. The molecular formula is C22H14Cl2FNO. The van der Waals surface area contributed by atoms with Crippen molar-refractivity contribution in [2.24, 2.45) is 0 Å². The molecule has 3 aromatic carbocycles. The Hall–Kier alpha value is -2.62. The number of nitrogens with zero attached hydrogens (tertiary/aromatic N) is 1. The van der Waals surface area contributed by atoms with Crippen LogP contribution in [0.5, 0.6) is 0 Å². The average Bonchev–Trinajstić information content (AvgIpc) is 3.03. The van der Waals surface area contributed by atoms with Gasteiger partial charge in [0, 0.05) is 39.3 Å². The average molecular weight is 398 g/mol. The Labute approximate surface area is 165 Å². The van der Waals surface area contributed by atoms with E-state index in [4.69, 9.17) is 23.2 Å². The molecule has 0 aliphatic heterocycles. The van der Waals surface area contributed by atoms with Gasteiger partial charge in [-0.15, -0.1) is 0 Å². The summed E-state index contributed by atoms with van der Waals surface area (Å²) in [6.07, 6.45) is 1.75. The number of hydrogen-bond donors (Lipinski definition) is 0. The fourth-order valence-corrected chi connectivity index (χ4v) is 3.65. The van der Waals surface area contributed by atoms with Crippen LogP contribution in [0.15, 0.2) is 72.9 Å². The SMILES string of the molecule is O=C(c1ccccc1F)c1cn(Cc2ccc(Cl)cc2Cl)c2ccccc12. The molecule has 27 heavy (non-hydrogen) atoms. The van der Waals surface area contributed by atoms with Crippen LogP contribution in [-0.4, -0.2) is 10.4 Å². The van der Waals surface area contributed by atoms with E-state index in [-0.39, 0.29) is 11.3 Å². The van der Waals surface area contributed by atoms with Crippen LogP contribution >= 0.6 is 23.2 Å². The standard InChI is InChI=1S/C22H14Cl2FNO/c23-15-10-9-14(19(24)11-15)12-26-13-18(16-5-2-4-8-21(16)26)22(27)17-6-1-3-7-20(17)25/h1-11,13H,12H2. The Morgan fingerprint density at radius 3 is 2.44 bits per heavy atom. The van der Waals surface area contributed by atoms with Crippen LogP contribution in [0.1, 0.15) is 21.5 Å². The second kappa shape index (κ2) is 7.18. The van der Waals surface area contributed by atoms with Gasteiger partial charge in [-0.1, -0.05) is 59.6 Å². The van der Waals surface area contributed by atoms with Crippen molar-refractivity contribution in [2.45, 2.75) is 6.54 Å². The second-order valence-corrected chi connectivity index (χ2v) is 7.08. The number of para-hydroxylation sites is 1. The number of aromatic nitrogens is 1. The minimum absolute atomic E-state index is 0.0601.